The van der Waals surface area contributed by atoms with E-state index in [2.05, 4.69) is 21.5 Å². The zero-order valence-electron chi connectivity index (χ0n) is 12.2. The number of carbonyl (C=O) groups is 1. The number of carboxylic acids is 1. The Kier molecular flexibility index (Phi) is 3.89. The monoisotopic (exact) mass is 305 g/mol. The molecule has 3 rings (SSSR count). The number of imidazole rings is 1. The first-order chi connectivity index (χ1) is 10.1. The molecule has 0 bridgehead atoms. The molecule has 2 heterocycles. The first-order valence-electron chi connectivity index (χ1n) is 7.30. The summed E-state index contributed by atoms with van der Waals surface area (Å²) in [4.78, 5) is 20.0. The first kappa shape index (κ1) is 14.4. The lowest BCUT2D eigenvalue weighted by atomic mass is 10.2. The summed E-state index contributed by atoms with van der Waals surface area (Å²) >= 11 is 1.29. The van der Waals surface area contributed by atoms with Gasteiger partial charge in [-0.25, -0.2) is 9.97 Å². The highest BCUT2D eigenvalue weighted by Gasteiger charge is 2.40. The maximum absolute atomic E-state index is 10.8. The van der Waals surface area contributed by atoms with E-state index < -0.39 is 5.97 Å². The molecule has 5 nitrogen and oxygen atoms in total. The second-order valence-electron chi connectivity index (χ2n) is 5.59. The van der Waals surface area contributed by atoms with Crippen LogP contribution in [0.3, 0.4) is 0 Å². The number of rotatable bonds is 6. The zero-order valence-corrected chi connectivity index (χ0v) is 13.1. The second kappa shape index (κ2) is 5.67. The van der Waals surface area contributed by atoms with Gasteiger partial charge in [0, 0.05) is 11.7 Å². The van der Waals surface area contributed by atoms with Crippen LogP contribution in [-0.2, 0) is 4.79 Å². The summed E-state index contributed by atoms with van der Waals surface area (Å²) in [6, 6.07) is 4.35. The Labute approximate surface area is 127 Å². The fraction of sp³-hybridized carbons (Fsp3) is 0.533. The summed E-state index contributed by atoms with van der Waals surface area (Å²) in [5.41, 5.74) is 2.72. The van der Waals surface area contributed by atoms with Crippen molar-refractivity contribution in [2.75, 3.05) is 5.75 Å². The largest absolute Gasteiger partial charge is 0.481 e. The van der Waals surface area contributed by atoms with Crippen LogP contribution in [0.1, 0.15) is 37.9 Å². The fourth-order valence-electron chi connectivity index (χ4n) is 2.80. The number of aryl methyl sites for hydroxylation is 1. The summed E-state index contributed by atoms with van der Waals surface area (Å²) in [6.45, 7) is 4.17. The third-order valence-electron chi connectivity index (χ3n) is 3.85. The first-order valence-corrected chi connectivity index (χ1v) is 8.29. The van der Waals surface area contributed by atoms with Crippen LogP contribution >= 0.6 is 11.8 Å². The normalized spacial score (nSPS) is 20.9. The molecule has 0 aromatic carbocycles. The van der Waals surface area contributed by atoms with Gasteiger partial charge in [-0.2, -0.15) is 0 Å². The standard InChI is InChI=1S/C15H19N3O2S/c1-3-4-10-7-12(10)18-14-11(6-5-9(2)16-14)17-15(18)21-8-13(19)20/h5-6,10,12H,3-4,7-8H2,1-2H3,(H,19,20). The number of aromatic nitrogens is 3. The molecule has 2 unspecified atom stereocenters. The predicted molar refractivity (Wildman–Crippen MR) is 82.7 cm³/mol. The number of fused-ring (bicyclic) bond motifs is 1. The molecule has 2 aromatic rings. The van der Waals surface area contributed by atoms with Gasteiger partial charge in [0.25, 0.3) is 0 Å². The van der Waals surface area contributed by atoms with Gasteiger partial charge in [0.05, 0.1) is 5.75 Å². The van der Waals surface area contributed by atoms with Gasteiger partial charge in [0.1, 0.15) is 5.52 Å². The molecule has 0 saturated heterocycles. The van der Waals surface area contributed by atoms with Crippen molar-refractivity contribution < 1.29 is 9.90 Å². The van der Waals surface area contributed by atoms with Crippen LogP contribution in [0.25, 0.3) is 11.2 Å². The molecule has 1 aliphatic rings. The summed E-state index contributed by atoms with van der Waals surface area (Å²) < 4.78 is 2.16. The summed E-state index contributed by atoms with van der Waals surface area (Å²) in [5, 5.41) is 9.69. The number of aliphatic carboxylic acids is 1. The number of thioether (sulfide) groups is 1. The molecule has 0 amide bonds. The third-order valence-corrected chi connectivity index (χ3v) is 4.78. The second-order valence-corrected chi connectivity index (χ2v) is 6.54. The SMILES string of the molecule is CCCC1CC1n1c(SCC(=O)O)nc2ccc(C)nc21. The van der Waals surface area contributed by atoms with Gasteiger partial charge in [-0.05, 0) is 37.8 Å². The Balaban J connectivity index is 1.98. The minimum atomic E-state index is -0.816. The average molecular weight is 305 g/mol. The Hall–Kier alpha value is -1.56. The molecule has 6 heteroatoms. The van der Waals surface area contributed by atoms with Gasteiger partial charge in [0.2, 0.25) is 0 Å². The summed E-state index contributed by atoms with van der Waals surface area (Å²) in [5.74, 6) is -0.101. The molecule has 2 atom stereocenters. The highest BCUT2D eigenvalue weighted by molar-refractivity contribution is 7.99. The smallest absolute Gasteiger partial charge is 0.313 e. The molecular weight excluding hydrogens is 286 g/mol. The Morgan fingerprint density at radius 2 is 2.29 bits per heavy atom. The lowest BCUT2D eigenvalue weighted by Gasteiger charge is -2.07. The summed E-state index contributed by atoms with van der Waals surface area (Å²) in [7, 11) is 0. The molecular formula is C15H19N3O2S. The van der Waals surface area contributed by atoms with Crippen molar-refractivity contribution in [2.45, 2.75) is 44.3 Å². The van der Waals surface area contributed by atoms with Crippen molar-refractivity contribution in [2.24, 2.45) is 5.92 Å². The number of pyridine rings is 1. The van der Waals surface area contributed by atoms with Crippen molar-refractivity contribution in [3.05, 3.63) is 17.8 Å². The van der Waals surface area contributed by atoms with Crippen LogP contribution < -0.4 is 0 Å². The van der Waals surface area contributed by atoms with Crippen molar-refractivity contribution >= 4 is 28.9 Å². The van der Waals surface area contributed by atoms with Crippen LogP contribution in [-0.4, -0.2) is 31.4 Å². The molecule has 0 spiro atoms. The van der Waals surface area contributed by atoms with Gasteiger partial charge < -0.3 is 9.67 Å². The number of hydrogen-bond acceptors (Lipinski definition) is 4. The van der Waals surface area contributed by atoms with Gasteiger partial charge >= 0.3 is 5.97 Å². The zero-order chi connectivity index (χ0) is 15.0. The molecule has 0 aliphatic heterocycles. The topological polar surface area (TPSA) is 68.0 Å². The molecule has 2 aromatic heterocycles. The fourth-order valence-corrected chi connectivity index (χ4v) is 3.58. The van der Waals surface area contributed by atoms with E-state index in [1.807, 2.05) is 19.1 Å². The van der Waals surface area contributed by atoms with E-state index in [0.29, 0.717) is 12.0 Å². The maximum atomic E-state index is 10.8. The Bertz CT molecular complexity index is 683. The van der Waals surface area contributed by atoms with Gasteiger partial charge in [0.15, 0.2) is 10.8 Å². The van der Waals surface area contributed by atoms with Gasteiger partial charge in [-0.3, -0.25) is 4.79 Å². The van der Waals surface area contributed by atoms with Crippen LogP contribution in [0, 0.1) is 12.8 Å². The van der Waals surface area contributed by atoms with E-state index >= 15 is 0 Å². The number of nitrogens with zero attached hydrogens (tertiary/aromatic N) is 3. The quantitative estimate of drug-likeness (QED) is 0.830. The van der Waals surface area contributed by atoms with Crippen LogP contribution in [0.2, 0.25) is 0 Å². The van der Waals surface area contributed by atoms with E-state index in [4.69, 9.17) is 5.11 Å². The van der Waals surface area contributed by atoms with Crippen LogP contribution in [0.4, 0.5) is 0 Å². The predicted octanol–water partition coefficient (Wildman–Crippen LogP) is 3.28. The maximum Gasteiger partial charge on any atom is 0.313 e. The van der Waals surface area contributed by atoms with Crippen molar-refractivity contribution in [3.8, 4) is 0 Å². The molecule has 112 valence electrons. The molecule has 1 aliphatic carbocycles. The molecule has 1 saturated carbocycles. The minimum Gasteiger partial charge on any atom is -0.481 e. The Morgan fingerprint density at radius 1 is 1.48 bits per heavy atom. The van der Waals surface area contributed by atoms with Gasteiger partial charge in [-0.1, -0.05) is 25.1 Å². The average Bonchev–Trinajstić information content (AvgIpc) is 3.09. The highest BCUT2D eigenvalue weighted by atomic mass is 32.2. The molecule has 1 N–H and O–H groups in total. The Morgan fingerprint density at radius 3 is 3.00 bits per heavy atom. The molecule has 1 fully saturated rings. The van der Waals surface area contributed by atoms with Crippen molar-refractivity contribution in [1.29, 1.82) is 0 Å². The van der Waals surface area contributed by atoms with Crippen molar-refractivity contribution in [1.82, 2.24) is 14.5 Å². The summed E-state index contributed by atoms with van der Waals surface area (Å²) in [6.07, 6.45) is 3.53. The van der Waals surface area contributed by atoms with Crippen LogP contribution in [0.15, 0.2) is 17.3 Å². The number of hydrogen-bond donors (Lipinski definition) is 1. The van der Waals surface area contributed by atoms with E-state index in [0.717, 1.165) is 28.4 Å². The lowest BCUT2D eigenvalue weighted by molar-refractivity contribution is -0.133. The van der Waals surface area contributed by atoms with Gasteiger partial charge in [-0.15, -0.1) is 0 Å². The van der Waals surface area contributed by atoms with E-state index in [-0.39, 0.29) is 5.75 Å². The van der Waals surface area contributed by atoms with Crippen LogP contribution in [0.5, 0.6) is 0 Å². The van der Waals surface area contributed by atoms with E-state index in [1.54, 1.807) is 0 Å². The lowest BCUT2D eigenvalue weighted by Crippen LogP contribution is -2.04. The van der Waals surface area contributed by atoms with E-state index in [1.165, 1.54) is 24.6 Å². The third kappa shape index (κ3) is 2.90. The number of carboxylic acid groups (broad SMARTS) is 1. The van der Waals surface area contributed by atoms with E-state index in [9.17, 15) is 4.79 Å². The molecule has 0 radical (unpaired) electrons. The highest BCUT2D eigenvalue weighted by Crippen LogP contribution is 2.49. The minimum absolute atomic E-state index is 0.0352. The molecule has 21 heavy (non-hydrogen) atoms. The van der Waals surface area contributed by atoms with Crippen molar-refractivity contribution in [3.63, 3.8) is 0 Å².